The average Bonchev–Trinajstić information content (AvgIpc) is 3.27. The summed E-state index contributed by atoms with van der Waals surface area (Å²) in [7, 11) is 0. The molecule has 0 amide bonds. The number of hydrogen-bond donors (Lipinski definition) is 2. The van der Waals surface area contributed by atoms with Crippen molar-refractivity contribution in [1.29, 1.82) is 0 Å². The van der Waals surface area contributed by atoms with E-state index in [0.29, 0.717) is 24.4 Å². The average molecular weight is 371 g/mol. The Morgan fingerprint density at radius 2 is 1.85 bits per heavy atom. The van der Waals surface area contributed by atoms with Gasteiger partial charge in [-0.2, -0.15) is 18.3 Å². The minimum Gasteiger partial charge on any atom is -0.454 e. The number of nitrogens with zero attached hydrogens (tertiary/aromatic N) is 1. The summed E-state index contributed by atoms with van der Waals surface area (Å²) >= 11 is 0. The minimum absolute atomic E-state index is 0.314. The SMILES string of the molecule is FC(F)(F)c1cccc(CNCc2cn[nH]c2-c2cc3ccccc3o2)c1. The van der Waals surface area contributed by atoms with Crippen molar-refractivity contribution in [2.45, 2.75) is 19.3 Å². The van der Waals surface area contributed by atoms with Crippen molar-refractivity contribution in [3.8, 4) is 11.5 Å². The lowest BCUT2D eigenvalue weighted by atomic mass is 10.1. The molecule has 2 aromatic heterocycles. The number of fused-ring (bicyclic) bond motifs is 1. The van der Waals surface area contributed by atoms with Crippen molar-refractivity contribution in [3.63, 3.8) is 0 Å². The van der Waals surface area contributed by atoms with E-state index in [1.807, 2.05) is 30.3 Å². The van der Waals surface area contributed by atoms with Crippen LogP contribution in [0, 0.1) is 0 Å². The lowest BCUT2D eigenvalue weighted by molar-refractivity contribution is -0.137. The monoisotopic (exact) mass is 371 g/mol. The number of benzene rings is 2. The highest BCUT2D eigenvalue weighted by Gasteiger charge is 2.30. The molecule has 138 valence electrons. The Morgan fingerprint density at radius 1 is 1.00 bits per heavy atom. The molecule has 0 aliphatic carbocycles. The summed E-state index contributed by atoms with van der Waals surface area (Å²) in [6.45, 7) is 0.758. The van der Waals surface area contributed by atoms with Crippen LogP contribution in [0.5, 0.6) is 0 Å². The number of alkyl halides is 3. The topological polar surface area (TPSA) is 53.9 Å². The molecule has 27 heavy (non-hydrogen) atoms. The molecule has 4 nitrogen and oxygen atoms in total. The summed E-state index contributed by atoms with van der Waals surface area (Å²) in [6, 6.07) is 14.9. The first kappa shape index (κ1) is 17.4. The fourth-order valence-corrected chi connectivity index (χ4v) is 2.96. The van der Waals surface area contributed by atoms with Crippen LogP contribution in [0.3, 0.4) is 0 Å². The van der Waals surface area contributed by atoms with Gasteiger partial charge in [-0.05, 0) is 23.8 Å². The van der Waals surface area contributed by atoms with E-state index in [9.17, 15) is 13.2 Å². The van der Waals surface area contributed by atoms with Crippen LogP contribution >= 0.6 is 0 Å². The van der Waals surface area contributed by atoms with Gasteiger partial charge in [-0.15, -0.1) is 0 Å². The van der Waals surface area contributed by atoms with E-state index in [0.717, 1.165) is 34.4 Å². The van der Waals surface area contributed by atoms with Gasteiger partial charge in [-0.25, -0.2) is 0 Å². The Labute approximate surface area is 153 Å². The number of aromatic nitrogens is 2. The molecule has 0 spiro atoms. The number of aromatic amines is 1. The maximum atomic E-state index is 12.8. The zero-order valence-electron chi connectivity index (χ0n) is 14.2. The van der Waals surface area contributed by atoms with E-state index in [1.165, 1.54) is 6.07 Å². The first-order valence-electron chi connectivity index (χ1n) is 8.39. The van der Waals surface area contributed by atoms with Crippen LogP contribution in [0.4, 0.5) is 13.2 Å². The second-order valence-corrected chi connectivity index (χ2v) is 6.22. The Hall–Kier alpha value is -3.06. The van der Waals surface area contributed by atoms with E-state index in [1.54, 1.807) is 12.3 Å². The summed E-state index contributed by atoms with van der Waals surface area (Å²) in [5.41, 5.74) is 2.33. The zero-order valence-corrected chi connectivity index (χ0v) is 14.2. The second-order valence-electron chi connectivity index (χ2n) is 6.22. The van der Waals surface area contributed by atoms with Crippen LogP contribution in [0.25, 0.3) is 22.4 Å². The van der Waals surface area contributed by atoms with Gasteiger partial charge in [0.2, 0.25) is 0 Å². The number of para-hydroxylation sites is 1. The van der Waals surface area contributed by atoms with E-state index < -0.39 is 11.7 Å². The lowest BCUT2D eigenvalue weighted by Crippen LogP contribution is -2.14. The maximum Gasteiger partial charge on any atom is 0.416 e. The smallest absolute Gasteiger partial charge is 0.416 e. The molecule has 0 unspecified atom stereocenters. The predicted molar refractivity (Wildman–Crippen MR) is 95.8 cm³/mol. The molecular weight excluding hydrogens is 355 g/mol. The van der Waals surface area contributed by atoms with E-state index >= 15 is 0 Å². The highest BCUT2D eigenvalue weighted by molar-refractivity contribution is 5.82. The van der Waals surface area contributed by atoms with Gasteiger partial charge in [-0.3, -0.25) is 5.10 Å². The maximum absolute atomic E-state index is 12.8. The molecule has 0 saturated carbocycles. The Balaban J connectivity index is 1.47. The Bertz CT molecular complexity index is 1030. The first-order chi connectivity index (χ1) is 13.0. The van der Waals surface area contributed by atoms with Crippen molar-refractivity contribution in [1.82, 2.24) is 15.5 Å². The molecule has 2 aromatic carbocycles. The molecule has 2 N–H and O–H groups in total. The molecule has 2 heterocycles. The highest BCUT2D eigenvalue weighted by Crippen LogP contribution is 2.30. The largest absolute Gasteiger partial charge is 0.454 e. The van der Waals surface area contributed by atoms with Gasteiger partial charge in [0.05, 0.1) is 11.8 Å². The number of halogens is 3. The van der Waals surface area contributed by atoms with Crippen LogP contribution < -0.4 is 5.32 Å². The number of rotatable bonds is 5. The summed E-state index contributed by atoms with van der Waals surface area (Å²) in [5.74, 6) is 0.671. The van der Waals surface area contributed by atoms with Crippen molar-refractivity contribution in [3.05, 3.63) is 77.5 Å². The van der Waals surface area contributed by atoms with Crippen molar-refractivity contribution in [2.24, 2.45) is 0 Å². The molecule has 4 aromatic rings. The molecule has 0 bridgehead atoms. The predicted octanol–water partition coefficient (Wildman–Crippen LogP) is 5.13. The number of hydrogen-bond acceptors (Lipinski definition) is 3. The van der Waals surface area contributed by atoms with Crippen LogP contribution in [0.15, 0.2) is 65.2 Å². The third-order valence-electron chi connectivity index (χ3n) is 4.29. The molecule has 7 heteroatoms. The minimum atomic E-state index is -4.34. The highest BCUT2D eigenvalue weighted by atomic mass is 19.4. The summed E-state index contributed by atoms with van der Waals surface area (Å²) in [4.78, 5) is 0. The van der Waals surface area contributed by atoms with Crippen molar-refractivity contribution in [2.75, 3.05) is 0 Å². The Morgan fingerprint density at radius 3 is 2.67 bits per heavy atom. The standard InChI is InChI=1S/C20H16F3N3O/c21-20(22,23)16-6-3-4-13(8-16)10-24-11-15-12-25-26-19(15)18-9-14-5-1-2-7-17(14)27-18/h1-9,12,24H,10-11H2,(H,25,26). The lowest BCUT2D eigenvalue weighted by Gasteiger charge is -2.09. The zero-order chi connectivity index (χ0) is 18.9. The van der Waals surface area contributed by atoms with Gasteiger partial charge in [0, 0.05) is 24.0 Å². The van der Waals surface area contributed by atoms with Crippen LogP contribution in [0.2, 0.25) is 0 Å². The molecule has 0 aliphatic heterocycles. The quantitative estimate of drug-likeness (QED) is 0.511. The molecule has 0 aliphatic rings. The fourth-order valence-electron chi connectivity index (χ4n) is 2.96. The third-order valence-corrected chi connectivity index (χ3v) is 4.29. The number of furan rings is 1. The van der Waals surface area contributed by atoms with Crippen LogP contribution in [0.1, 0.15) is 16.7 Å². The van der Waals surface area contributed by atoms with Crippen molar-refractivity contribution >= 4 is 11.0 Å². The molecule has 4 rings (SSSR count). The number of H-pyrrole nitrogens is 1. The fraction of sp³-hybridized carbons (Fsp3) is 0.150. The second kappa shape index (κ2) is 6.92. The number of nitrogens with one attached hydrogen (secondary N) is 2. The van der Waals surface area contributed by atoms with Crippen LogP contribution in [-0.4, -0.2) is 10.2 Å². The van der Waals surface area contributed by atoms with Crippen LogP contribution in [-0.2, 0) is 19.3 Å². The van der Waals surface area contributed by atoms with E-state index in [2.05, 4.69) is 15.5 Å². The summed E-state index contributed by atoms with van der Waals surface area (Å²) in [5, 5.41) is 11.1. The third kappa shape index (κ3) is 3.73. The molecule has 0 fully saturated rings. The first-order valence-corrected chi connectivity index (χ1v) is 8.39. The van der Waals surface area contributed by atoms with E-state index in [4.69, 9.17) is 4.42 Å². The normalized spacial score (nSPS) is 12.0. The molecule has 0 saturated heterocycles. The molecular formula is C20H16F3N3O. The molecule has 0 atom stereocenters. The van der Waals surface area contributed by atoms with E-state index in [-0.39, 0.29) is 0 Å². The van der Waals surface area contributed by atoms with Gasteiger partial charge in [0.25, 0.3) is 0 Å². The summed E-state index contributed by atoms with van der Waals surface area (Å²) < 4.78 is 44.2. The summed E-state index contributed by atoms with van der Waals surface area (Å²) in [6.07, 6.45) is -2.66. The van der Waals surface area contributed by atoms with Gasteiger partial charge in [-0.1, -0.05) is 36.4 Å². The van der Waals surface area contributed by atoms with Crippen molar-refractivity contribution < 1.29 is 17.6 Å². The van der Waals surface area contributed by atoms with Gasteiger partial charge in [0.15, 0.2) is 5.76 Å². The van der Waals surface area contributed by atoms with Gasteiger partial charge >= 0.3 is 6.18 Å². The Kier molecular flexibility index (Phi) is 4.45. The molecule has 0 radical (unpaired) electrons. The van der Waals surface area contributed by atoms with Gasteiger partial charge in [0.1, 0.15) is 11.3 Å². The van der Waals surface area contributed by atoms with Gasteiger partial charge < -0.3 is 9.73 Å².